The molecule has 6 rings (SSSR count). The predicted molar refractivity (Wildman–Crippen MR) is 205 cm³/mol. The van der Waals surface area contributed by atoms with E-state index in [-0.39, 0.29) is 41.8 Å². The first-order chi connectivity index (χ1) is 26.2. The topological polar surface area (TPSA) is 155 Å². The van der Waals surface area contributed by atoms with Crippen LogP contribution in [0.15, 0.2) is 97.1 Å². The molecule has 54 heavy (non-hydrogen) atoms. The number of nitrogens with one attached hydrogen (secondary N) is 1. The standard InChI is InChI=1S/C42H48N4O8/c47-29-30-10-12-32(13-11-30)39-26-37(28-44-22-24-45(25-23-44)35-18-20-36(21-19-35)46(51)52)53-42(54-39)33-16-14-31(15-17-33)38-7-5-4-6-34(38)27-43-40(48)8-2-1-3-9-41(49)50/h4-7,10-21,37,39,42,47H,1-3,8-9,22-29H2,(H,43,48)(H,49,50). The molecule has 0 saturated carbocycles. The molecule has 3 N–H and O–H groups in total. The Kier molecular flexibility index (Phi) is 13.4. The van der Waals surface area contributed by atoms with Crippen LogP contribution in [0.1, 0.15) is 73.2 Å². The summed E-state index contributed by atoms with van der Waals surface area (Å²) in [6, 6.07) is 30.7. The summed E-state index contributed by atoms with van der Waals surface area (Å²) >= 11 is 0. The number of carboxylic acid groups (broad SMARTS) is 1. The van der Waals surface area contributed by atoms with Gasteiger partial charge in [0, 0.05) is 81.9 Å². The summed E-state index contributed by atoms with van der Waals surface area (Å²) in [6.07, 6.45) is 2.21. The minimum absolute atomic E-state index is 0.0238. The highest BCUT2D eigenvalue weighted by atomic mass is 16.7. The summed E-state index contributed by atoms with van der Waals surface area (Å²) in [4.78, 5) is 38.6. The summed E-state index contributed by atoms with van der Waals surface area (Å²) < 4.78 is 13.3. The van der Waals surface area contributed by atoms with E-state index in [1.807, 2.05) is 72.8 Å². The van der Waals surface area contributed by atoms with E-state index < -0.39 is 12.3 Å². The molecule has 0 radical (unpaired) electrons. The van der Waals surface area contributed by atoms with Gasteiger partial charge in [-0.1, -0.05) is 79.2 Å². The highest BCUT2D eigenvalue weighted by Gasteiger charge is 2.34. The van der Waals surface area contributed by atoms with Crippen LogP contribution in [0, 0.1) is 10.1 Å². The number of anilines is 1. The van der Waals surface area contributed by atoms with E-state index in [9.17, 15) is 24.8 Å². The van der Waals surface area contributed by atoms with Crippen LogP contribution in [-0.2, 0) is 32.2 Å². The fourth-order valence-electron chi connectivity index (χ4n) is 7.09. The van der Waals surface area contributed by atoms with Gasteiger partial charge in [-0.2, -0.15) is 0 Å². The van der Waals surface area contributed by atoms with E-state index in [4.69, 9.17) is 14.6 Å². The SMILES string of the molecule is O=C(O)CCCCCC(=O)NCc1ccccc1-c1ccc(C2OC(CN3CCN(c4ccc([N+](=O)[O-])cc4)CC3)CC(c3ccc(CO)cc3)O2)cc1. The van der Waals surface area contributed by atoms with Gasteiger partial charge in [-0.05, 0) is 52.8 Å². The predicted octanol–water partition coefficient (Wildman–Crippen LogP) is 6.77. The number of hydrogen-bond acceptors (Lipinski definition) is 9. The maximum atomic E-state index is 12.5. The van der Waals surface area contributed by atoms with E-state index in [1.54, 1.807) is 12.1 Å². The molecule has 2 fully saturated rings. The number of hydrogen-bond donors (Lipinski definition) is 3. The van der Waals surface area contributed by atoms with Crippen molar-refractivity contribution in [2.75, 3.05) is 37.6 Å². The van der Waals surface area contributed by atoms with Gasteiger partial charge in [-0.15, -0.1) is 0 Å². The molecule has 3 atom stereocenters. The number of aliphatic carboxylic acids is 1. The second kappa shape index (κ2) is 18.8. The van der Waals surface area contributed by atoms with Gasteiger partial charge in [0.25, 0.3) is 5.69 Å². The van der Waals surface area contributed by atoms with Crippen LogP contribution in [-0.4, -0.2) is 70.7 Å². The molecule has 0 bridgehead atoms. The lowest BCUT2D eigenvalue weighted by Gasteiger charge is -2.41. The number of nitro groups is 1. The minimum Gasteiger partial charge on any atom is -0.481 e. The summed E-state index contributed by atoms with van der Waals surface area (Å²) in [5, 5.41) is 32.5. The quantitative estimate of drug-likeness (QED) is 0.0638. The largest absolute Gasteiger partial charge is 0.481 e. The van der Waals surface area contributed by atoms with Gasteiger partial charge in [0.1, 0.15) is 0 Å². The van der Waals surface area contributed by atoms with Crippen LogP contribution >= 0.6 is 0 Å². The lowest BCUT2D eigenvalue weighted by Crippen LogP contribution is -2.49. The number of amides is 1. The number of unbranched alkanes of at least 4 members (excludes halogenated alkanes) is 2. The molecule has 0 aliphatic carbocycles. The second-order valence-corrected chi connectivity index (χ2v) is 13.9. The zero-order chi connectivity index (χ0) is 37.9. The number of aliphatic hydroxyl groups excluding tert-OH is 1. The van der Waals surface area contributed by atoms with Gasteiger partial charge in [0.05, 0.1) is 23.7 Å². The van der Waals surface area contributed by atoms with Gasteiger partial charge in [0.2, 0.25) is 5.91 Å². The van der Waals surface area contributed by atoms with Crippen molar-refractivity contribution >= 4 is 23.3 Å². The minimum atomic E-state index is -0.813. The number of nitrogens with zero attached hydrogens (tertiary/aromatic N) is 3. The van der Waals surface area contributed by atoms with Crippen LogP contribution in [0.25, 0.3) is 11.1 Å². The Morgan fingerprint density at radius 3 is 2.19 bits per heavy atom. The van der Waals surface area contributed by atoms with Crippen molar-refractivity contribution in [3.8, 4) is 11.1 Å². The number of piperazine rings is 1. The number of carbonyl (C=O) groups is 2. The molecule has 0 aromatic heterocycles. The fraction of sp³-hybridized carbons (Fsp3) is 0.381. The first kappa shape index (κ1) is 38.6. The van der Waals surface area contributed by atoms with Crippen LogP contribution < -0.4 is 10.2 Å². The molecule has 12 heteroatoms. The summed E-state index contributed by atoms with van der Waals surface area (Å²) in [6.45, 7) is 4.37. The summed E-state index contributed by atoms with van der Waals surface area (Å²) in [7, 11) is 0. The van der Waals surface area contributed by atoms with Crippen LogP contribution in [0.3, 0.4) is 0 Å². The Balaban J connectivity index is 1.10. The molecule has 2 saturated heterocycles. The third-order valence-corrected chi connectivity index (χ3v) is 10.2. The Hall–Kier alpha value is -5.14. The molecule has 2 aliphatic heterocycles. The third-order valence-electron chi connectivity index (χ3n) is 10.2. The van der Waals surface area contributed by atoms with E-state index in [2.05, 4.69) is 27.2 Å². The average Bonchev–Trinajstić information content (AvgIpc) is 3.20. The molecular weight excluding hydrogens is 688 g/mol. The van der Waals surface area contributed by atoms with E-state index in [1.165, 1.54) is 0 Å². The normalized spacial score (nSPS) is 19.0. The van der Waals surface area contributed by atoms with Gasteiger partial charge in [-0.25, -0.2) is 0 Å². The lowest BCUT2D eigenvalue weighted by molar-refractivity contribution is -0.384. The number of benzene rings is 4. The smallest absolute Gasteiger partial charge is 0.303 e. The van der Waals surface area contributed by atoms with Gasteiger partial charge >= 0.3 is 5.97 Å². The van der Waals surface area contributed by atoms with Crippen molar-refractivity contribution in [1.29, 1.82) is 0 Å². The van der Waals surface area contributed by atoms with Crippen molar-refractivity contribution in [2.45, 2.75) is 70.2 Å². The number of rotatable bonds is 16. The van der Waals surface area contributed by atoms with Gasteiger partial charge < -0.3 is 29.9 Å². The Labute approximate surface area is 315 Å². The highest BCUT2D eigenvalue weighted by molar-refractivity contribution is 5.76. The number of carboxylic acids is 1. The zero-order valence-corrected chi connectivity index (χ0v) is 30.3. The van der Waals surface area contributed by atoms with E-state index in [0.717, 1.165) is 71.8 Å². The Morgan fingerprint density at radius 1 is 0.815 bits per heavy atom. The van der Waals surface area contributed by atoms with Crippen LogP contribution in [0.4, 0.5) is 11.4 Å². The average molecular weight is 737 g/mol. The fourth-order valence-corrected chi connectivity index (χ4v) is 7.09. The monoisotopic (exact) mass is 736 g/mol. The van der Waals surface area contributed by atoms with Crippen molar-refractivity contribution in [2.24, 2.45) is 0 Å². The Morgan fingerprint density at radius 2 is 1.50 bits per heavy atom. The number of carbonyl (C=O) groups excluding carboxylic acids is 1. The molecular formula is C42H48N4O8. The third kappa shape index (κ3) is 10.5. The van der Waals surface area contributed by atoms with Crippen molar-refractivity contribution in [3.63, 3.8) is 0 Å². The van der Waals surface area contributed by atoms with Crippen LogP contribution in [0.2, 0.25) is 0 Å². The highest BCUT2D eigenvalue weighted by Crippen LogP contribution is 2.39. The van der Waals surface area contributed by atoms with Crippen molar-refractivity contribution < 1.29 is 34.2 Å². The van der Waals surface area contributed by atoms with Gasteiger partial charge in [0.15, 0.2) is 6.29 Å². The Bertz CT molecular complexity index is 1840. The number of aliphatic hydroxyl groups is 1. The first-order valence-electron chi connectivity index (χ1n) is 18.6. The molecule has 4 aromatic carbocycles. The lowest BCUT2D eigenvalue weighted by atomic mass is 9.97. The number of non-ortho nitro benzene ring substituents is 1. The molecule has 2 aliphatic rings. The van der Waals surface area contributed by atoms with Crippen molar-refractivity contribution in [3.05, 3.63) is 129 Å². The number of nitro benzene ring substituents is 1. The van der Waals surface area contributed by atoms with Crippen molar-refractivity contribution in [1.82, 2.24) is 10.2 Å². The molecule has 0 spiro atoms. The molecule has 284 valence electrons. The molecule has 1 amide bonds. The van der Waals surface area contributed by atoms with E-state index in [0.29, 0.717) is 38.6 Å². The maximum Gasteiger partial charge on any atom is 0.303 e. The first-order valence-corrected chi connectivity index (χ1v) is 18.6. The zero-order valence-electron chi connectivity index (χ0n) is 30.3. The van der Waals surface area contributed by atoms with Gasteiger partial charge in [-0.3, -0.25) is 24.6 Å². The number of ether oxygens (including phenoxy) is 2. The van der Waals surface area contributed by atoms with Crippen LogP contribution in [0.5, 0.6) is 0 Å². The summed E-state index contributed by atoms with van der Waals surface area (Å²) in [5.74, 6) is -0.865. The second-order valence-electron chi connectivity index (χ2n) is 13.9. The summed E-state index contributed by atoms with van der Waals surface area (Å²) in [5.41, 5.74) is 6.85. The molecule has 3 unspecified atom stereocenters. The molecule has 2 heterocycles. The maximum absolute atomic E-state index is 12.5. The van der Waals surface area contributed by atoms with E-state index >= 15 is 0 Å². The molecule has 12 nitrogen and oxygen atoms in total. The molecule has 4 aromatic rings.